The van der Waals surface area contributed by atoms with Gasteiger partial charge in [0.25, 0.3) is 0 Å². The van der Waals surface area contributed by atoms with Crippen LogP contribution in [0.1, 0.15) is 23.6 Å². The Kier molecular flexibility index (Phi) is 8.87. The van der Waals surface area contributed by atoms with Crippen LogP contribution in [0.2, 0.25) is 0 Å². The van der Waals surface area contributed by atoms with E-state index in [1.54, 1.807) is 14.1 Å². The molecule has 130 valence electrons. The largest absolute Gasteiger partial charge is 0.336 e. The molecule has 0 spiro atoms. The molecule has 0 aliphatic carbocycles. The maximum Gasteiger partial charge on any atom is 0.243 e. The number of anilines is 1. The predicted molar refractivity (Wildman–Crippen MR) is 97.3 cm³/mol. The Morgan fingerprint density at radius 1 is 1.17 bits per heavy atom. The minimum Gasteiger partial charge on any atom is -0.336 e. The summed E-state index contributed by atoms with van der Waals surface area (Å²) >= 11 is 0. The van der Waals surface area contributed by atoms with Gasteiger partial charge in [-0.1, -0.05) is 24.6 Å². The zero-order valence-corrected chi connectivity index (χ0v) is 15.6. The molecule has 0 heterocycles. The van der Waals surface area contributed by atoms with Crippen molar-refractivity contribution in [2.75, 3.05) is 32.5 Å². The number of halogens is 1. The summed E-state index contributed by atoms with van der Waals surface area (Å²) in [6.45, 7) is 8.47. The summed E-state index contributed by atoms with van der Waals surface area (Å²) in [4.78, 5) is 25.8. The number of carbonyl (C=O) groups is 2. The van der Waals surface area contributed by atoms with Crippen LogP contribution < -0.4 is 10.6 Å². The number of nitrogens with zero attached hydrogens (tertiary/aromatic N) is 1. The molecule has 0 saturated carbocycles. The quantitative estimate of drug-likeness (QED) is 0.834. The van der Waals surface area contributed by atoms with Gasteiger partial charge in [0, 0.05) is 25.2 Å². The summed E-state index contributed by atoms with van der Waals surface area (Å²) in [6, 6.07) is 4.07. The lowest BCUT2D eigenvalue weighted by molar-refractivity contribution is -0.136. The van der Waals surface area contributed by atoms with Gasteiger partial charge in [0.05, 0.1) is 6.54 Å². The van der Waals surface area contributed by atoms with E-state index in [-0.39, 0.29) is 36.7 Å². The second-order valence-electron chi connectivity index (χ2n) is 5.97. The first-order valence-corrected chi connectivity index (χ1v) is 7.53. The van der Waals surface area contributed by atoms with Crippen LogP contribution >= 0.6 is 12.4 Å². The van der Waals surface area contributed by atoms with Gasteiger partial charge in [-0.05, 0) is 38.9 Å². The van der Waals surface area contributed by atoms with Crippen molar-refractivity contribution in [1.29, 1.82) is 0 Å². The zero-order chi connectivity index (χ0) is 16.9. The molecule has 1 aromatic carbocycles. The number of carbonyl (C=O) groups excluding carboxylic acids is 2. The minimum atomic E-state index is -0.178. The van der Waals surface area contributed by atoms with E-state index >= 15 is 0 Å². The van der Waals surface area contributed by atoms with Crippen molar-refractivity contribution >= 4 is 29.9 Å². The molecule has 1 atom stereocenters. The second kappa shape index (κ2) is 9.53. The molecule has 6 heteroatoms. The van der Waals surface area contributed by atoms with Gasteiger partial charge in [-0.2, -0.15) is 0 Å². The van der Waals surface area contributed by atoms with Crippen molar-refractivity contribution in [1.82, 2.24) is 10.2 Å². The summed E-state index contributed by atoms with van der Waals surface area (Å²) in [6.07, 6.45) is 0. The average Bonchev–Trinajstić information content (AvgIpc) is 2.42. The third-order valence-corrected chi connectivity index (χ3v) is 3.63. The number of aryl methyl sites for hydroxylation is 3. The lowest BCUT2D eigenvalue weighted by Gasteiger charge is -2.21. The first kappa shape index (κ1) is 21.4. The van der Waals surface area contributed by atoms with E-state index in [0.29, 0.717) is 6.54 Å². The van der Waals surface area contributed by atoms with Gasteiger partial charge in [-0.3, -0.25) is 9.59 Å². The zero-order valence-electron chi connectivity index (χ0n) is 14.8. The first-order valence-electron chi connectivity index (χ1n) is 7.53. The highest BCUT2D eigenvalue weighted by molar-refractivity contribution is 5.96. The number of hydrogen-bond acceptors (Lipinski definition) is 3. The van der Waals surface area contributed by atoms with Gasteiger partial charge < -0.3 is 15.5 Å². The standard InChI is InChI=1S/C17H27N3O2.ClH/c1-11-7-12(2)16(13(3)8-11)19-15(21)10-20(6)17(22)14(4)9-18-5;/h7-8,14,18H,9-10H2,1-6H3,(H,19,21);1H. The third-order valence-electron chi connectivity index (χ3n) is 3.63. The number of hydrogen-bond donors (Lipinski definition) is 2. The van der Waals surface area contributed by atoms with Gasteiger partial charge in [0.15, 0.2) is 0 Å². The Balaban J connectivity index is 0.00000484. The molecule has 0 aliphatic rings. The highest BCUT2D eigenvalue weighted by atomic mass is 35.5. The minimum absolute atomic E-state index is 0. The summed E-state index contributed by atoms with van der Waals surface area (Å²) in [5.41, 5.74) is 4.06. The fourth-order valence-corrected chi connectivity index (χ4v) is 2.62. The highest BCUT2D eigenvalue weighted by Gasteiger charge is 2.19. The normalized spacial score (nSPS) is 11.4. The van der Waals surface area contributed by atoms with Crippen LogP contribution in [0.15, 0.2) is 12.1 Å². The smallest absolute Gasteiger partial charge is 0.243 e. The molecule has 0 bridgehead atoms. The van der Waals surface area contributed by atoms with Crippen LogP contribution in [0.25, 0.3) is 0 Å². The van der Waals surface area contributed by atoms with Crippen LogP contribution in [0.3, 0.4) is 0 Å². The van der Waals surface area contributed by atoms with Gasteiger partial charge in [-0.25, -0.2) is 0 Å². The molecule has 1 rings (SSSR count). The SMILES string of the molecule is CNCC(C)C(=O)N(C)CC(=O)Nc1c(C)cc(C)cc1C.Cl. The number of amides is 2. The van der Waals surface area contributed by atoms with Gasteiger partial charge in [0.1, 0.15) is 0 Å². The molecule has 2 amide bonds. The maximum absolute atomic E-state index is 12.2. The van der Waals surface area contributed by atoms with Crippen molar-refractivity contribution in [3.63, 3.8) is 0 Å². The molecule has 1 unspecified atom stereocenters. The molecule has 0 saturated heterocycles. The van der Waals surface area contributed by atoms with Gasteiger partial charge in [-0.15, -0.1) is 12.4 Å². The van der Waals surface area contributed by atoms with Crippen LogP contribution in [0, 0.1) is 26.7 Å². The second-order valence-corrected chi connectivity index (χ2v) is 5.97. The Labute approximate surface area is 145 Å². The fraction of sp³-hybridized carbons (Fsp3) is 0.529. The van der Waals surface area contributed by atoms with E-state index in [2.05, 4.69) is 10.6 Å². The fourth-order valence-electron chi connectivity index (χ4n) is 2.62. The summed E-state index contributed by atoms with van der Waals surface area (Å²) in [5.74, 6) is -0.366. The summed E-state index contributed by atoms with van der Waals surface area (Å²) < 4.78 is 0. The van der Waals surface area contributed by atoms with Crippen molar-refractivity contribution < 1.29 is 9.59 Å². The molecule has 0 radical (unpaired) electrons. The maximum atomic E-state index is 12.2. The Bertz CT molecular complexity index is 538. The molecule has 5 nitrogen and oxygen atoms in total. The van der Waals surface area contributed by atoms with Crippen molar-refractivity contribution in [3.8, 4) is 0 Å². The number of likely N-dealkylation sites (N-methyl/N-ethyl adjacent to an activating group) is 1. The van der Waals surface area contributed by atoms with Crippen LogP contribution in [0.5, 0.6) is 0 Å². The monoisotopic (exact) mass is 341 g/mol. The van der Waals surface area contributed by atoms with E-state index in [9.17, 15) is 9.59 Å². The molecular formula is C17H28ClN3O2. The predicted octanol–water partition coefficient (Wildman–Crippen LogP) is 2.29. The van der Waals surface area contributed by atoms with Gasteiger partial charge >= 0.3 is 0 Å². The molecule has 0 fully saturated rings. The Hall–Kier alpha value is -1.59. The van der Waals surface area contributed by atoms with Crippen LogP contribution in [-0.2, 0) is 9.59 Å². The lowest BCUT2D eigenvalue weighted by atomic mass is 10.1. The van der Waals surface area contributed by atoms with E-state index in [1.165, 1.54) is 10.5 Å². The third kappa shape index (κ3) is 6.20. The highest BCUT2D eigenvalue weighted by Crippen LogP contribution is 2.21. The van der Waals surface area contributed by atoms with E-state index < -0.39 is 0 Å². The Morgan fingerprint density at radius 2 is 1.70 bits per heavy atom. The van der Waals surface area contributed by atoms with Crippen molar-refractivity contribution in [2.45, 2.75) is 27.7 Å². The summed E-state index contributed by atoms with van der Waals surface area (Å²) in [7, 11) is 3.46. The molecule has 1 aromatic rings. The molecule has 0 aliphatic heterocycles. The van der Waals surface area contributed by atoms with Crippen LogP contribution in [0.4, 0.5) is 5.69 Å². The molecular weight excluding hydrogens is 314 g/mol. The van der Waals surface area contributed by atoms with E-state index in [0.717, 1.165) is 16.8 Å². The first-order chi connectivity index (χ1) is 10.3. The number of benzene rings is 1. The molecule has 2 N–H and O–H groups in total. The van der Waals surface area contributed by atoms with Crippen molar-refractivity contribution in [2.24, 2.45) is 5.92 Å². The average molecular weight is 342 g/mol. The Morgan fingerprint density at radius 3 is 2.17 bits per heavy atom. The number of rotatable bonds is 6. The van der Waals surface area contributed by atoms with E-state index in [1.807, 2.05) is 39.8 Å². The molecule has 23 heavy (non-hydrogen) atoms. The van der Waals surface area contributed by atoms with Gasteiger partial charge in [0.2, 0.25) is 11.8 Å². The number of nitrogens with one attached hydrogen (secondary N) is 2. The van der Waals surface area contributed by atoms with Crippen LogP contribution in [-0.4, -0.2) is 43.9 Å². The lowest BCUT2D eigenvalue weighted by Crippen LogP contribution is -2.40. The van der Waals surface area contributed by atoms with E-state index in [4.69, 9.17) is 0 Å². The summed E-state index contributed by atoms with van der Waals surface area (Å²) in [5, 5.41) is 5.88. The van der Waals surface area contributed by atoms with Crippen molar-refractivity contribution in [3.05, 3.63) is 28.8 Å². The molecule has 0 aromatic heterocycles. The topological polar surface area (TPSA) is 61.4 Å².